The molecule has 0 spiro atoms. The SMILES string of the molecule is COc1cc(C#N)c(OC2CCC(C)(C(=O)O)CC2)cc1C(=O)N[C@@H]1[C@H]2CC[C@H](C2)[C@@H]1C(=O)N[C@H](C)c1ccccc1. The molecule has 3 fully saturated rings. The molecule has 2 amide bonds. The van der Waals surface area contributed by atoms with Crippen molar-refractivity contribution in [2.45, 2.75) is 77.0 Å². The molecule has 0 radical (unpaired) electrons. The predicted octanol–water partition coefficient (Wildman–Crippen LogP) is 5.00. The van der Waals surface area contributed by atoms with Gasteiger partial charge in [-0.2, -0.15) is 5.26 Å². The van der Waals surface area contributed by atoms with Crippen molar-refractivity contribution in [3.05, 3.63) is 59.2 Å². The van der Waals surface area contributed by atoms with Crippen molar-refractivity contribution < 1.29 is 29.0 Å². The van der Waals surface area contributed by atoms with Gasteiger partial charge in [0.05, 0.1) is 41.7 Å². The van der Waals surface area contributed by atoms with Crippen molar-refractivity contribution in [3.8, 4) is 17.6 Å². The Labute approximate surface area is 246 Å². The molecule has 0 aliphatic heterocycles. The van der Waals surface area contributed by atoms with E-state index in [-0.39, 0.29) is 70.4 Å². The van der Waals surface area contributed by atoms with E-state index in [0.717, 1.165) is 24.8 Å². The van der Waals surface area contributed by atoms with E-state index in [1.165, 1.54) is 19.2 Å². The topological polar surface area (TPSA) is 138 Å². The van der Waals surface area contributed by atoms with Crippen LogP contribution < -0.4 is 20.1 Å². The Morgan fingerprint density at radius 3 is 2.38 bits per heavy atom. The number of carbonyl (C=O) groups is 3. The first kappa shape index (κ1) is 29.4. The van der Waals surface area contributed by atoms with Gasteiger partial charge in [0.15, 0.2) is 0 Å². The lowest BCUT2D eigenvalue weighted by Crippen LogP contribution is -2.50. The fraction of sp³-hybridized carbons (Fsp3) is 0.515. The minimum Gasteiger partial charge on any atom is -0.496 e. The number of nitrogens with zero attached hydrogens (tertiary/aromatic N) is 1. The lowest BCUT2D eigenvalue weighted by atomic mass is 9.75. The summed E-state index contributed by atoms with van der Waals surface area (Å²) in [5.74, 6) is -0.624. The third-order valence-corrected chi connectivity index (χ3v) is 9.69. The van der Waals surface area contributed by atoms with Crippen LogP contribution in [0.4, 0.5) is 0 Å². The van der Waals surface area contributed by atoms with Crippen LogP contribution in [-0.4, -0.2) is 42.1 Å². The van der Waals surface area contributed by atoms with E-state index < -0.39 is 11.4 Å². The number of carboxylic acid groups (broad SMARTS) is 1. The van der Waals surface area contributed by atoms with Crippen molar-refractivity contribution in [1.82, 2.24) is 10.6 Å². The van der Waals surface area contributed by atoms with Crippen LogP contribution >= 0.6 is 0 Å². The molecule has 9 nitrogen and oxygen atoms in total. The van der Waals surface area contributed by atoms with E-state index >= 15 is 0 Å². The molecule has 0 saturated heterocycles. The fourth-order valence-electron chi connectivity index (χ4n) is 7.07. The lowest BCUT2D eigenvalue weighted by molar-refractivity contribution is -0.150. The second-order valence-electron chi connectivity index (χ2n) is 12.3. The van der Waals surface area contributed by atoms with E-state index in [9.17, 15) is 24.8 Å². The molecular formula is C33H39N3O6. The van der Waals surface area contributed by atoms with Crippen molar-refractivity contribution >= 4 is 17.8 Å². The molecule has 2 aromatic carbocycles. The van der Waals surface area contributed by atoms with Crippen LogP contribution in [0.5, 0.6) is 11.5 Å². The second kappa shape index (κ2) is 12.0. The van der Waals surface area contributed by atoms with Crippen LogP contribution in [0.2, 0.25) is 0 Å². The third kappa shape index (κ3) is 5.80. The van der Waals surface area contributed by atoms with Crippen molar-refractivity contribution in [3.63, 3.8) is 0 Å². The van der Waals surface area contributed by atoms with Crippen molar-refractivity contribution in [2.24, 2.45) is 23.2 Å². The van der Waals surface area contributed by atoms with Gasteiger partial charge in [0.1, 0.15) is 17.6 Å². The summed E-state index contributed by atoms with van der Waals surface area (Å²) in [6, 6.07) is 14.5. The van der Waals surface area contributed by atoms with Gasteiger partial charge in [-0.05, 0) is 82.3 Å². The zero-order chi connectivity index (χ0) is 30.0. The van der Waals surface area contributed by atoms with Gasteiger partial charge in [0.2, 0.25) is 5.91 Å². The zero-order valence-corrected chi connectivity index (χ0v) is 24.4. The molecule has 5 rings (SSSR count). The van der Waals surface area contributed by atoms with E-state index in [4.69, 9.17) is 9.47 Å². The second-order valence-corrected chi connectivity index (χ2v) is 12.3. The first-order chi connectivity index (χ1) is 20.1. The Morgan fingerprint density at radius 2 is 1.74 bits per heavy atom. The van der Waals surface area contributed by atoms with Crippen LogP contribution in [0, 0.1) is 34.5 Å². The van der Waals surface area contributed by atoms with E-state index in [2.05, 4.69) is 16.7 Å². The molecule has 0 unspecified atom stereocenters. The van der Waals surface area contributed by atoms with E-state index in [0.29, 0.717) is 25.7 Å². The summed E-state index contributed by atoms with van der Waals surface area (Å²) < 4.78 is 11.7. The highest BCUT2D eigenvalue weighted by Gasteiger charge is 2.51. The lowest BCUT2D eigenvalue weighted by Gasteiger charge is -2.34. The smallest absolute Gasteiger partial charge is 0.309 e. The molecule has 0 heterocycles. The van der Waals surface area contributed by atoms with Crippen LogP contribution in [0.3, 0.4) is 0 Å². The maximum Gasteiger partial charge on any atom is 0.309 e. The van der Waals surface area contributed by atoms with Gasteiger partial charge in [-0.25, -0.2) is 0 Å². The molecule has 9 heteroatoms. The number of fused-ring (bicyclic) bond motifs is 2. The normalized spacial score (nSPS) is 28.8. The average Bonchev–Trinajstić information content (AvgIpc) is 3.60. The van der Waals surface area contributed by atoms with Crippen molar-refractivity contribution in [1.29, 1.82) is 5.26 Å². The van der Waals surface area contributed by atoms with Crippen LogP contribution in [0.1, 0.15) is 86.3 Å². The van der Waals surface area contributed by atoms with Crippen LogP contribution in [0.15, 0.2) is 42.5 Å². The standard InChI is InChI=1S/C33H39N3O6/c1-19(20-7-5-4-6-8-20)35-31(38)28-21-9-10-22(15-21)29(28)36-30(37)25-17-26(23(18-34)16-27(25)41-3)42-24-11-13-33(2,14-12-24)32(39)40/h4-8,16-17,19,21-22,24,28-29H,9-15H2,1-3H3,(H,35,38)(H,36,37)(H,39,40)/t19-,21-,22+,24?,28+,29-,33?/m1/s1. The number of ether oxygens (including phenoxy) is 2. The maximum absolute atomic E-state index is 13.7. The van der Waals surface area contributed by atoms with Crippen LogP contribution in [0.25, 0.3) is 0 Å². The first-order valence-corrected chi connectivity index (χ1v) is 14.8. The maximum atomic E-state index is 13.7. The van der Waals surface area contributed by atoms with E-state index in [1.54, 1.807) is 6.92 Å². The highest BCUT2D eigenvalue weighted by Crippen LogP contribution is 2.49. The van der Waals surface area contributed by atoms with Gasteiger partial charge in [0.25, 0.3) is 5.91 Å². The molecule has 3 N–H and O–H groups in total. The molecular weight excluding hydrogens is 534 g/mol. The minimum absolute atomic E-state index is 0.0506. The molecule has 3 aliphatic carbocycles. The number of aliphatic carboxylic acids is 1. The summed E-state index contributed by atoms with van der Waals surface area (Å²) >= 11 is 0. The Bertz CT molecular complexity index is 1380. The molecule has 2 aromatic rings. The molecule has 42 heavy (non-hydrogen) atoms. The number of rotatable bonds is 9. The van der Waals surface area contributed by atoms with Gasteiger partial charge < -0.3 is 25.2 Å². The monoisotopic (exact) mass is 573 g/mol. The Balaban J connectivity index is 1.32. The quantitative estimate of drug-likeness (QED) is 0.384. The number of benzene rings is 2. The minimum atomic E-state index is -0.816. The highest BCUT2D eigenvalue weighted by atomic mass is 16.5. The largest absolute Gasteiger partial charge is 0.496 e. The van der Waals surface area contributed by atoms with E-state index in [1.807, 2.05) is 37.3 Å². The molecule has 5 atom stereocenters. The van der Waals surface area contributed by atoms with Crippen LogP contribution in [-0.2, 0) is 9.59 Å². The summed E-state index contributed by atoms with van der Waals surface area (Å²) in [6.07, 6.45) is 4.57. The van der Waals surface area contributed by atoms with Gasteiger partial charge in [-0.3, -0.25) is 14.4 Å². The van der Waals surface area contributed by atoms with Gasteiger partial charge in [-0.1, -0.05) is 30.3 Å². The fourth-order valence-corrected chi connectivity index (χ4v) is 7.07. The Morgan fingerprint density at radius 1 is 1.05 bits per heavy atom. The first-order valence-electron chi connectivity index (χ1n) is 14.8. The number of carboxylic acids is 1. The number of nitriles is 1. The molecule has 0 aromatic heterocycles. The number of methoxy groups -OCH3 is 1. The zero-order valence-electron chi connectivity index (χ0n) is 24.4. The highest BCUT2D eigenvalue weighted by molar-refractivity contribution is 5.98. The van der Waals surface area contributed by atoms with Crippen molar-refractivity contribution in [2.75, 3.05) is 7.11 Å². The van der Waals surface area contributed by atoms with Gasteiger partial charge >= 0.3 is 5.97 Å². The molecule has 3 saturated carbocycles. The summed E-state index contributed by atoms with van der Waals surface area (Å²) in [4.78, 5) is 38.9. The summed E-state index contributed by atoms with van der Waals surface area (Å²) in [6.45, 7) is 3.71. The Kier molecular flexibility index (Phi) is 8.44. The van der Waals surface area contributed by atoms with Gasteiger partial charge in [0, 0.05) is 12.1 Å². The third-order valence-electron chi connectivity index (χ3n) is 9.69. The molecule has 3 aliphatic rings. The number of hydrogen-bond donors (Lipinski definition) is 3. The average molecular weight is 574 g/mol. The molecule has 2 bridgehead atoms. The summed E-state index contributed by atoms with van der Waals surface area (Å²) in [7, 11) is 1.44. The Hall–Kier alpha value is -4.06. The molecule has 222 valence electrons. The summed E-state index contributed by atoms with van der Waals surface area (Å²) in [5.41, 5.74) is 0.708. The number of nitrogens with one attached hydrogen (secondary N) is 2. The number of amides is 2. The van der Waals surface area contributed by atoms with Gasteiger partial charge in [-0.15, -0.1) is 0 Å². The number of carbonyl (C=O) groups excluding carboxylic acids is 2. The summed E-state index contributed by atoms with van der Waals surface area (Å²) in [5, 5.41) is 25.7. The number of hydrogen-bond acceptors (Lipinski definition) is 6. The predicted molar refractivity (Wildman–Crippen MR) is 155 cm³/mol.